The number of halogens is 1. The highest BCUT2D eigenvalue weighted by molar-refractivity contribution is 6.08. The average molecular weight is 274 g/mol. The number of esters is 1. The lowest BCUT2D eigenvalue weighted by Gasteiger charge is -2.14. The van der Waals surface area contributed by atoms with Crippen LogP contribution in [0.4, 0.5) is 0 Å². The predicted octanol–water partition coefficient (Wildman–Crippen LogP) is 0.853. The molecule has 0 heterocycles. The summed E-state index contributed by atoms with van der Waals surface area (Å²) in [4.78, 5) is 22.1. The van der Waals surface area contributed by atoms with Gasteiger partial charge in [-0.15, -0.1) is 0 Å². The molecule has 0 aliphatic heterocycles. The molecule has 0 saturated carbocycles. The van der Waals surface area contributed by atoms with E-state index < -0.39 is 30.7 Å². The quantitative estimate of drug-likeness (QED) is 0.746. The molecular formula is C11H12ClNO5. The molecule has 2 unspecified atom stereocenters. The number of rotatable bonds is 6. The van der Waals surface area contributed by atoms with Crippen LogP contribution in [0.5, 0.6) is 0 Å². The summed E-state index contributed by atoms with van der Waals surface area (Å²) in [5.41, 5.74) is 5.70. The molecule has 0 aliphatic carbocycles. The van der Waals surface area contributed by atoms with Crippen molar-refractivity contribution in [2.45, 2.75) is 12.1 Å². The summed E-state index contributed by atoms with van der Waals surface area (Å²) in [6.07, 6.45) is -1.12. The van der Waals surface area contributed by atoms with Crippen LogP contribution in [0.3, 0.4) is 0 Å². The molecule has 6 nitrogen and oxygen atoms in total. The van der Waals surface area contributed by atoms with Crippen molar-refractivity contribution in [3.63, 3.8) is 0 Å². The first-order valence-electron chi connectivity index (χ1n) is 5.03. The fraction of sp³-hybridized carbons (Fsp3) is 0.273. The fourth-order valence-electron chi connectivity index (χ4n) is 1.17. The Labute approximate surface area is 108 Å². The molecule has 0 bridgehead atoms. The lowest BCUT2D eigenvalue weighted by Crippen LogP contribution is -2.36. The molecule has 18 heavy (non-hydrogen) atoms. The van der Waals surface area contributed by atoms with Crippen molar-refractivity contribution in [1.82, 2.24) is 0 Å². The zero-order valence-corrected chi connectivity index (χ0v) is 10.0. The third-order valence-corrected chi connectivity index (χ3v) is 2.31. The number of carbonyl (C=O) groups excluding carboxylic acids is 1. The minimum Gasteiger partial charge on any atom is -0.480 e. The van der Waals surface area contributed by atoms with E-state index in [4.69, 9.17) is 27.4 Å². The maximum absolute atomic E-state index is 11.6. The molecule has 1 aromatic rings. The Balaban J connectivity index is 2.61. The fourth-order valence-corrected chi connectivity index (χ4v) is 1.35. The van der Waals surface area contributed by atoms with E-state index in [1.165, 1.54) is 0 Å². The second-order valence-corrected chi connectivity index (χ2v) is 3.63. The number of hydrogen-bond donors (Lipinski definition) is 2. The summed E-state index contributed by atoms with van der Waals surface area (Å²) >= 11 is 5.23. The number of carboxylic acids is 1. The first kappa shape index (κ1) is 14.4. The number of carbonyl (C=O) groups is 2. The molecule has 1 rings (SSSR count). The molecule has 0 radical (unpaired) electrons. The Bertz CT molecular complexity index is 411. The molecule has 0 aromatic heterocycles. The molecule has 0 amide bonds. The third kappa shape index (κ3) is 3.99. The molecular weight excluding hydrogens is 262 g/mol. The van der Waals surface area contributed by atoms with Crippen molar-refractivity contribution >= 4 is 23.8 Å². The van der Waals surface area contributed by atoms with Gasteiger partial charge >= 0.3 is 11.9 Å². The van der Waals surface area contributed by atoms with Crippen molar-refractivity contribution in [3.05, 3.63) is 35.9 Å². The normalized spacial score (nSPS) is 13.7. The summed E-state index contributed by atoms with van der Waals surface area (Å²) in [5.74, 6) is -2.06. The van der Waals surface area contributed by atoms with Gasteiger partial charge in [0.1, 0.15) is 12.6 Å². The van der Waals surface area contributed by atoms with E-state index in [2.05, 4.69) is 4.29 Å². The summed E-state index contributed by atoms with van der Waals surface area (Å²) in [5, 5.41) is 8.53. The third-order valence-electron chi connectivity index (χ3n) is 2.13. The molecule has 1 aromatic carbocycles. The number of nitrogens with two attached hydrogens (primary N) is 1. The minimum atomic E-state index is -1.28. The van der Waals surface area contributed by atoms with Crippen LogP contribution in [0.15, 0.2) is 30.3 Å². The second-order valence-electron chi connectivity index (χ2n) is 3.45. The Hall–Kier alpha value is -1.63. The predicted molar refractivity (Wildman–Crippen MR) is 62.7 cm³/mol. The molecule has 2 atom stereocenters. The van der Waals surface area contributed by atoms with Crippen molar-refractivity contribution in [2.24, 2.45) is 5.73 Å². The van der Waals surface area contributed by atoms with Gasteiger partial charge in [0.25, 0.3) is 0 Å². The Morgan fingerprint density at radius 3 is 2.44 bits per heavy atom. The highest BCUT2D eigenvalue weighted by Crippen LogP contribution is 2.20. The lowest BCUT2D eigenvalue weighted by molar-refractivity contribution is -0.154. The highest BCUT2D eigenvalue weighted by atomic mass is 35.5. The lowest BCUT2D eigenvalue weighted by atomic mass is 10.1. The zero-order valence-electron chi connectivity index (χ0n) is 9.28. The smallest absolute Gasteiger partial charge is 0.341 e. The summed E-state index contributed by atoms with van der Waals surface area (Å²) in [6, 6.07) is 7.15. The summed E-state index contributed by atoms with van der Waals surface area (Å²) < 4.78 is 9.22. The second kappa shape index (κ2) is 6.95. The van der Waals surface area contributed by atoms with Crippen LogP contribution in [0.1, 0.15) is 11.7 Å². The van der Waals surface area contributed by atoms with Crippen LogP contribution in [0, 0.1) is 0 Å². The van der Waals surface area contributed by atoms with Crippen molar-refractivity contribution in [1.29, 1.82) is 0 Å². The van der Waals surface area contributed by atoms with Crippen molar-refractivity contribution in [2.75, 3.05) is 6.61 Å². The molecule has 3 N–H and O–H groups in total. The highest BCUT2D eigenvalue weighted by Gasteiger charge is 2.24. The summed E-state index contributed by atoms with van der Waals surface area (Å²) in [7, 11) is 0. The average Bonchev–Trinajstić information content (AvgIpc) is 2.38. The standard InChI is InChI=1S/C11H12ClNO5/c12-18-9(7-4-2-1-3-5-7)11(16)17-6-8(13)10(14)15/h1-5,8-9H,6,13H2,(H,14,15). The van der Waals surface area contributed by atoms with E-state index in [-0.39, 0.29) is 0 Å². The van der Waals surface area contributed by atoms with E-state index >= 15 is 0 Å². The van der Waals surface area contributed by atoms with Crippen LogP contribution in [-0.4, -0.2) is 29.7 Å². The topological polar surface area (TPSA) is 98.9 Å². The van der Waals surface area contributed by atoms with Gasteiger partial charge in [-0.25, -0.2) is 4.79 Å². The largest absolute Gasteiger partial charge is 0.480 e. The van der Waals surface area contributed by atoms with Gasteiger partial charge in [-0.3, -0.25) is 9.08 Å². The number of hydrogen-bond acceptors (Lipinski definition) is 5. The van der Waals surface area contributed by atoms with E-state index in [1.54, 1.807) is 30.3 Å². The minimum absolute atomic E-state index is 0.447. The monoisotopic (exact) mass is 273 g/mol. The van der Waals surface area contributed by atoms with Crippen molar-refractivity contribution in [3.8, 4) is 0 Å². The molecule has 7 heteroatoms. The van der Waals surface area contributed by atoms with Gasteiger partial charge in [0, 0.05) is 0 Å². The van der Waals surface area contributed by atoms with Gasteiger partial charge in [-0.05, 0) is 5.56 Å². The molecule has 0 aliphatic rings. The van der Waals surface area contributed by atoms with Crippen molar-refractivity contribution < 1.29 is 23.7 Å². The number of benzene rings is 1. The molecule has 0 spiro atoms. The van der Waals surface area contributed by atoms with Crippen LogP contribution >= 0.6 is 11.9 Å². The first-order valence-corrected chi connectivity index (χ1v) is 5.34. The van der Waals surface area contributed by atoms with Crippen LogP contribution < -0.4 is 5.73 Å². The SMILES string of the molecule is NC(COC(=O)C(OCl)c1ccccc1)C(=O)O. The number of aliphatic carboxylic acids is 1. The number of ether oxygens (including phenoxy) is 1. The Morgan fingerprint density at radius 2 is 1.94 bits per heavy atom. The first-order chi connectivity index (χ1) is 8.56. The van der Waals surface area contributed by atoms with E-state index in [0.717, 1.165) is 0 Å². The summed E-state index contributed by atoms with van der Waals surface area (Å²) in [6.45, 7) is -0.447. The number of carboxylic acid groups (broad SMARTS) is 1. The van der Waals surface area contributed by atoms with E-state index in [9.17, 15) is 9.59 Å². The molecule has 0 saturated heterocycles. The maximum Gasteiger partial charge on any atom is 0.341 e. The maximum atomic E-state index is 11.6. The Morgan fingerprint density at radius 1 is 1.33 bits per heavy atom. The molecule has 98 valence electrons. The van der Waals surface area contributed by atoms with E-state index in [1.807, 2.05) is 0 Å². The van der Waals surface area contributed by atoms with Gasteiger partial charge in [0.15, 0.2) is 0 Å². The van der Waals surface area contributed by atoms with Gasteiger partial charge in [0.2, 0.25) is 6.10 Å². The van der Waals surface area contributed by atoms with Gasteiger partial charge < -0.3 is 15.6 Å². The van der Waals surface area contributed by atoms with Crippen LogP contribution in [0.2, 0.25) is 0 Å². The van der Waals surface area contributed by atoms with Crippen LogP contribution in [0.25, 0.3) is 0 Å². The van der Waals surface area contributed by atoms with Gasteiger partial charge in [-0.1, -0.05) is 30.3 Å². The van der Waals surface area contributed by atoms with Gasteiger partial charge in [0.05, 0.1) is 11.9 Å². The Kier molecular flexibility index (Phi) is 5.57. The zero-order chi connectivity index (χ0) is 13.5. The van der Waals surface area contributed by atoms with Gasteiger partial charge in [-0.2, -0.15) is 0 Å². The van der Waals surface area contributed by atoms with Crippen LogP contribution in [-0.2, 0) is 18.6 Å². The molecule has 0 fully saturated rings. The van der Waals surface area contributed by atoms with E-state index in [0.29, 0.717) is 5.56 Å².